The Morgan fingerprint density at radius 1 is 1.32 bits per heavy atom. The van der Waals surface area contributed by atoms with E-state index >= 15 is 0 Å². The molecule has 2 atom stereocenters. The van der Waals surface area contributed by atoms with Crippen LogP contribution in [0.4, 0.5) is 0 Å². The molecule has 0 aromatic carbocycles. The zero-order valence-electron chi connectivity index (χ0n) is 15.5. The third kappa shape index (κ3) is 3.68. The van der Waals surface area contributed by atoms with Crippen LogP contribution in [0, 0.1) is 0 Å². The number of carbonyl (C=O) groups is 2. The quantitative estimate of drug-likeness (QED) is 0.517. The monoisotopic (exact) mass is 349 g/mol. The van der Waals surface area contributed by atoms with E-state index in [1.54, 1.807) is 6.92 Å². The van der Waals surface area contributed by atoms with Crippen molar-refractivity contribution in [3.63, 3.8) is 0 Å². The first-order valence-corrected chi connectivity index (χ1v) is 8.61. The maximum atomic E-state index is 12.5. The fraction of sp³-hybridized carbons (Fsp3) is 0.556. The van der Waals surface area contributed by atoms with Gasteiger partial charge in [0.15, 0.2) is 0 Å². The van der Waals surface area contributed by atoms with Gasteiger partial charge in [0.1, 0.15) is 17.5 Å². The number of nitrogens with one attached hydrogen (secondary N) is 2. The lowest BCUT2D eigenvalue weighted by molar-refractivity contribution is -0.146. The number of rotatable bonds is 7. The number of carbonyl (C=O) groups excluding carboxylic acids is 2. The van der Waals surface area contributed by atoms with E-state index in [-0.39, 0.29) is 6.61 Å². The highest BCUT2D eigenvalue weighted by Gasteiger charge is 2.41. The molecular weight excluding hydrogens is 322 g/mol. The van der Waals surface area contributed by atoms with E-state index in [0.29, 0.717) is 23.5 Å². The molecule has 1 heterocycles. The molecule has 0 saturated carbocycles. The van der Waals surface area contributed by atoms with E-state index in [4.69, 9.17) is 9.47 Å². The molecule has 2 rings (SSSR count). The standard InChI is InChI=1S/C18H27N3O4/c1-6-19-15-14(16(22)24-8-3)12-9-10-18(20-7-2,21(4)5)11-13(12)25-17(15)23/h9-11,15,19-20H,6-8H2,1-5H3. The lowest BCUT2D eigenvalue weighted by Crippen LogP contribution is -2.55. The van der Waals surface area contributed by atoms with Gasteiger partial charge in [-0.3, -0.25) is 10.2 Å². The van der Waals surface area contributed by atoms with Gasteiger partial charge in [-0.05, 0) is 46.3 Å². The Balaban J connectivity index is 2.56. The highest BCUT2D eigenvalue weighted by Crippen LogP contribution is 2.34. The second-order valence-electron chi connectivity index (χ2n) is 6.05. The van der Waals surface area contributed by atoms with Crippen LogP contribution in [-0.4, -0.2) is 62.3 Å². The summed E-state index contributed by atoms with van der Waals surface area (Å²) in [6, 6.07) is -0.827. The SMILES string of the molecule is CCNC1C(=O)OC2=CC(NCC)(N(C)C)C=CC2=C1C(=O)OCC. The third-order valence-electron chi connectivity index (χ3n) is 4.25. The normalized spacial score (nSPS) is 25.6. The molecule has 0 aromatic rings. The summed E-state index contributed by atoms with van der Waals surface area (Å²) in [5.41, 5.74) is 0.296. The molecule has 0 bridgehead atoms. The molecule has 1 aliphatic carbocycles. The van der Waals surface area contributed by atoms with Crippen molar-refractivity contribution in [3.8, 4) is 0 Å². The maximum absolute atomic E-state index is 12.5. The first-order valence-electron chi connectivity index (χ1n) is 8.61. The van der Waals surface area contributed by atoms with Crippen LogP contribution in [-0.2, 0) is 19.1 Å². The molecule has 7 heteroatoms. The van der Waals surface area contributed by atoms with Gasteiger partial charge in [-0.1, -0.05) is 19.9 Å². The van der Waals surface area contributed by atoms with Crippen LogP contribution in [0.15, 0.2) is 35.1 Å². The summed E-state index contributed by atoms with van der Waals surface area (Å²) in [6.07, 6.45) is 5.60. The molecule has 2 aliphatic rings. The van der Waals surface area contributed by atoms with Crippen LogP contribution in [0.2, 0.25) is 0 Å². The summed E-state index contributed by atoms with van der Waals surface area (Å²) >= 11 is 0. The zero-order chi connectivity index (χ0) is 18.6. The van der Waals surface area contributed by atoms with Gasteiger partial charge < -0.3 is 14.8 Å². The Morgan fingerprint density at radius 2 is 2.04 bits per heavy atom. The van der Waals surface area contributed by atoms with Gasteiger partial charge in [0.25, 0.3) is 0 Å². The smallest absolute Gasteiger partial charge is 0.336 e. The molecule has 25 heavy (non-hydrogen) atoms. The van der Waals surface area contributed by atoms with Crippen LogP contribution in [0.25, 0.3) is 0 Å². The molecular formula is C18H27N3O4. The topological polar surface area (TPSA) is 79.9 Å². The van der Waals surface area contributed by atoms with E-state index in [1.165, 1.54) is 0 Å². The molecule has 2 unspecified atom stereocenters. The Morgan fingerprint density at radius 3 is 2.60 bits per heavy atom. The second-order valence-corrected chi connectivity index (χ2v) is 6.05. The van der Waals surface area contributed by atoms with Crippen LogP contribution >= 0.6 is 0 Å². The lowest BCUT2D eigenvalue weighted by Gasteiger charge is -2.39. The fourth-order valence-corrected chi connectivity index (χ4v) is 3.02. The van der Waals surface area contributed by atoms with Crippen molar-refractivity contribution in [2.24, 2.45) is 0 Å². The van der Waals surface area contributed by atoms with E-state index in [9.17, 15) is 9.59 Å². The highest BCUT2D eigenvalue weighted by molar-refractivity contribution is 6.01. The van der Waals surface area contributed by atoms with Crippen LogP contribution in [0.5, 0.6) is 0 Å². The van der Waals surface area contributed by atoms with Gasteiger partial charge in [-0.25, -0.2) is 9.59 Å². The molecule has 0 spiro atoms. The molecule has 7 nitrogen and oxygen atoms in total. The minimum absolute atomic E-state index is 0.241. The van der Waals surface area contributed by atoms with Gasteiger partial charge in [-0.15, -0.1) is 0 Å². The summed E-state index contributed by atoms with van der Waals surface area (Å²) in [5.74, 6) is -0.629. The van der Waals surface area contributed by atoms with Gasteiger partial charge >= 0.3 is 11.9 Å². The first-order chi connectivity index (χ1) is 11.9. The van der Waals surface area contributed by atoms with Crippen molar-refractivity contribution in [2.75, 3.05) is 33.8 Å². The third-order valence-corrected chi connectivity index (χ3v) is 4.25. The molecule has 0 fully saturated rings. The van der Waals surface area contributed by atoms with Gasteiger partial charge in [0.2, 0.25) is 0 Å². The Labute approximate surface area is 148 Å². The van der Waals surface area contributed by atoms with Crippen molar-refractivity contribution in [1.82, 2.24) is 15.5 Å². The van der Waals surface area contributed by atoms with Crippen molar-refractivity contribution in [2.45, 2.75) is 32.5 Å². The number of allylic oxidation sites excluding steroid dienone is 1. The lowest BCUT2D eigenvalue weighted by atomic mass is 9.89. The summed E-state index contributed by atoms with van der Waals surface area (Å²) in [5, 5.41) is 6.37. The summed E-state index contributed by atoms with van der Waals surface area (Å²) < 4.78 is 10.7. The van der Waals surface area contributed by atoms with Crippen molar-refractivity contribution >= 4 is 11.9 Å². The number of esters is 2. The first kappa shape index (κ1) is 19.4. The van der Waals surface area contributed by atoms with Crippen molar-refractivity contribution in [3.05, 3.63) is 35.1 Å². The molecule has 0 saturated heterocycles. The number of nitrogens with zero attached hydrogens (tertiary/aromatic N) is 1. The van der Waals surface area contributed by atoms with Gasteiger partial charge in [0.05, 0.1) is 12.2 Å². The molecule has 1 aliphatic heterocycles. The van der Waals surface area contributed by atoms with E-state index < -0.39 is 23.6 Å². The molecule has 2 N–H and O–H groups in total. The maximum Gasteiger partial charge on any atom is 0.336 e. The molecule has 138 valence electrons. The largest absolute Gasteiger partial charge is 0.463 e. The number of hydrogen-bond donors (Lipinski definition) is 2. The fourth-order valence-electron chi connectivity index (χ4n) is 3.02. The number of fused-ring (bicyclic) bond motifs is 1. The van der Waals surface area contributed by atoms with E-state index in [2.05, 4.69) is 10.6 Å². The summed E-state index contributed by atoms with van der Waals surface area (Å²) in [6.45, 7) is 7.10. The van der Waals surface area contributed by atoms with Crippen LogP contribution in [0.1, 0.15) is 20.8 Å². The average Bonchev–Trinajstić information content (AvgIpc) is 2.56. The Bertz CT molecular complexity index is 636. The van der Waals surface area contributed by atoms with Crippen molar-refractivity contribution in [1.29, 1.82) is 0 Å². The van der Waals surface area contributed by atoms with Crippen molar-refractivity contribution < 1.29 is 19.1 Å². The minimum atomic E-state index is -0.827. The van der Waals surface area contributed by atoms with Crippen LogP contribution in [0.3, 0.4) is 0 Å². The molecule has 0 aromatic heterocycles. The van der Waals surface area contributed by atoms with E-state index in [1.807, 2.05) is 51.1 Å². The van der Waals surface area contributed by atoms with Gasteiger partial charge in [0, 0.05) is 5.57 Å². The Hall–Kier alpha value is -1.96. The highest BCUT2D eigenvalue weighted by atomic mass is 16.5. The minimum Gasteiger partial charge on any atom is -0.463 e. The number of likely N-dealkylation sites (N-methyl/N-ethyl adjacent to an activating group) is 3. The van der Waals surface area contributed by atoms with E-state index in [0.717, 1.165) is 6.54 Å². The predicted molar refractivity (Wildman–Crippen MR) is 94.5 cm³/mol. The number of ether oxygens (including phenoxy) is 2. The number of hydrogen-bond acceptors (Lipinski definition) is 7. The Kier molecular flexibility index (Phi) is 6.16. The van der Waals surface area contributed by atoms with Gasteiger partial charge in [-0.2, -0.15) is 0 Å². The predicted octanol–water partition coefficient (Wildman–Crippen LogP) is 0.702. The molecule has 0 radical (unpaired) electrons. The van der Waals surface area contributed by atoms with Crippen LogP contribution < -0.4 is 10.6 Å². The zero-order valence-corrected chi connectivity index (χ0v) is 15.5. The summed E-state index contributed by atoms with van der Waals surface area (Å²) in [7, 11) is 3.86. The molecule has 0 amide bonds. The summed E-state index contributed by atoms with van der Waals surface area (Å²) in [4.78, 5) is 26.9. The second kappa shape index (κ2) is 7.95. The average molecular weight is 349 g/mol.